The third-order valence-corrected chi connectivity index (χ3v) is 5.19. The van der Waals surface area contributed by atoms with E-state index in [1.165, 1.54) is 0 Å². The van der Waals surface area contributed by atoms with Gasteiger partial charge in [0.1, 0.15) is 0 Å². The molecule has 1 atom stereocenters. The number of hydrogen-bond acceptors (Lipinski definition) is 4. The minimum absolute atomic E-state index is 0.0346. The number of aromatic nitrogens is 2. The van der Waals surface area contributed by atoms with Crippen LogP contribution in [0.25, 0.3) is 0 Å². The Hall–Kier alpha value is -2.18. The van der Waals surface area contributed by atoms with Gasteiger partial charge < -0.3 is 18.9 Å². The van der Waals surface area contributed by atoms with Crippen molar-refractivity contribution < 1.29 is 14.3 Å². The standard InChI is InChI=1S/C20H25N3O3/c24-20(17-5-9-25-10-6-17)23-12-18-4-2-8-22(18)13-19(14-23)26-15-16-3-1-7-21-11-16/h1-4,7-8,11,17,19H,5-6,9-10,12-15H2/t19-/m1/s1. The zero-order chi connectivity index (χ0) is 17.8. The molecule has 1 saturated heterocycles. The molecule has 0 N–H and O–H groups in total. The van der Waals surface area contributed by atoms with Gasteiger partial charge in [-0.15, -0.1) is 0 Å². The summed E-state index contributed by atoms with van der Waals surface area (Å²) in [4.78, 5) is 19.2. The van der Waals surface area contributed by atoms with E-state index in [2.05, 4.69) is 21.8 Å². The quantitative estimate of drug-likeness (QED) is 0.844. The third-order valence-electron chi connectivity index (χ3n) is 5.19. The highest BCUT2D eigenvalue weighted by molar-refractivity contribution is 5.79. The normalized spacial score (nSPS) is 21.2. The lowest BCUT2D eigenvalue weighted by Crippen LogP contribution is -2.42. The molecular weight excluding hydrogens is 330 g/mol. The van der Waals surface area contributed by atoms with Crippen molar-refractivity contribution in [2.24, 2.45) is 5.92 Å². The number of pyridine rings is 1. The summed E-state index contributed by atoms with van der Waals surface area (Å²) in [6, 6.07) is 8.05. The maximum Gasteiger partial charge on any atom is 0.226 e. The largest absolute Gasteiger partial charge is 0.381 e. The van der Waals surface area contributed by atoms with Crippen LogP contribution in [0.4, 0.5) is 0 Å². The van der Waals surface area contributed by atoms with Crippen molar-refractivity contribution in [2.45, 2.75) is 38.6 Å². The average Bonchev–Trinajstić information content (AvgIpc) is 3.05. The molecule has 26 heavy (non-hydrogen) atoms. The summed E-state index contributed by atoms with van der Waals surface area (Å²) in [6.45, 7) is 3.91. The summed E-state index contributed by atoms with van der Waals surface area (Å²) in [5, 5.41) is 0. The van der Waals surface area contributed by atoms with Gasteiger partial charge in [-0.3, -0.25) is 9.78 Å². The van der Waals surface area contributed by atoms with Gasteiger partial charge in [-0.05, 0) is 36.6 Å². The molecule has 4 rings (SSSR count). The molecule has 1 amide bonds. The first kappa shape index (κ1) is 17.2. The van der Waals surface area contributed by atoms with Crippen molar-refractivity contribution in [2.75, 3.05) is 19.8 Å². The molecule has 0 unspecified atom stereocenters. The van der Waals surface area contributed by atoms with Crippen molar-refractivity contribution >= 4 is 5.91 Å². The van der Waals surface area contributed by atoms with Gasteiger partial charge >= 0.3 is 0 Å². The summed E-state index contributed by atoms with van der Waals surface area (Å²) >= 11 is 0. The monoisotopic (exact) mass is 355 g/mol. The number of ether oxygens (including phenoxy) is 2. The van der Waals surface area contributed by atoms with E-state index in [-0.39, 0.29) is 17.9 Å². The fourth-order valence-corrected chi connectivity index (χ4v) is 3.73. The molecule has 6 heteroatoms. The van der Waals surface area contributed by atoms with E-state index >= 15 is 0 Å². The molecule has 138 valence electrons. The van der Waals surface area contributed by atoms with Crippen LogP contribution in [0, 0.1) is 5.92 Å². The van der Waals surface area contributed by atoms with Crippen LogP contribution in [0.3, 0.4) is 0 Å². The van der Waals surface area contributed by atoms with Crippen LogP contribution in [0.15, 0.2) is 42.9 Å². The predicted molar refractivity (Wildman–Crippen MR) is 96.2 cm³/mol. The van der Waals surface area contributed by atoms with Gasteiger partial charge in [0.2, 0.25) is 5.91 Å². The Labute approximate surface area is 153 Å². The summed E-state index contributed by atoms with van der Waals surface area (Å²) in [7, 11) is 0. The van der Waals surface area contributed by atoms with Gasteiger partial charge in [-0.2, -0.15) is 0 Å². The van der Waals surface area contributed by atoms with E-state index in [0.717, 1.165) is 30.6 Å². The maximum absolute atomic E-state index is 13.1. The SMILES string of the molecule is O=C(C1CCOCC1)N1Cc2cccn2C[C@@H](OCc2cccnc2)C1. The predicted octanol–water partition coefficient (Wildman–Crippen LogP) is 2.24. The number of fused-ring (bicyclic) bond motifs is 1. The molecule has 2 aromatic heterocycles. The molecule has 0 saturated carbocycles. The fourth-order valence-electron chi connectivity index (χ4n) is 3.73. The number of carbonyl (C=O) groups is 1. The van der Waals surface area contributed by atoms with Gasteiger partial charge in [-0.25, -0.2) is 0 Å². The Morgan fingerprint density at radius 2 is 2.12 bits per heavy atom. The summed E-state index contributed by atoms with van der Waals surface area (Å²) in [5.74, 6) is 0.308. The van der Waals surface area contributed by atoms with Gasteiger partial charge in [-0.1, -0.05) is 6.07 Å². The average molecular weight is 355 g/mol. The number of carbonyl (C=O) groups excluding carboxylic acids is 1. The van der Waals surface area contributed by atoms with Crippen LogP contribution >= 0.6 is 0 Å². The van der Waals surface area contributed by atoms with Crippen LogP contribution in [-0.4, -0.2) is 46.2 Å². The zero-order valence-electron chi connectivity index (χ0n) is 14.9. The minimum Gasteiger partial charge on any atom is -0.381 e. The Morgan fingerprint density at radius 3 is 2.92 bits per heavy atom. The molecule has 0 aliphatic carbocycles. The van der Waals surface area contributed by atoms with Crippen molar-refractivity contribution in [1.82, 2.24) is 14.5 Å². The van der Waals surface area contributed by atoms with Crippen molar-refractivity contribution in [3.05, 3.63) is 54.1 Å². The highest BCUT2D eigenvalue weighted by Crippen LogP contribution is 2.22. The van der Waals surface area contributed by atoms with E-state index in [4.69, 9.17) is 9.47 Å². The summed E-state index contributed by atoms with van der Waals surface area (Å²) < 4.78 is 13.8. The number of amides is 1. The first-order chi connectivity index (χ1) is 12.8. The number of nitrogens with zero attached hydrogens (tertiary/aromatic N) is 3. The maximum atomic E-state index is 13.1. The molecule has 0 aromatic carbocycles. The van der Waals surface area contributed by atoms with Crippen molar-refractivity contribution in [3.63, 3.8) is 0 Å². The summed E-state index contributed by atoms with van der Waals surface area (Å²) in [6.07, 6.45) is 7.25. The second-order valence-electron chi connectivity index (χ2n) is 7.05. The van der Waals surface area contributed by atoms with Crippen molar-refractivity contribution in [3.8, 4) is 0 Å². The molecule has 2 aliphatic heterocycles. The smallest absolute Gasteiger partial charge is 0.226 e. The van der Waals surface area contributed by atoms with Crippen LogP contribution in [-0.2, 0) is 34.0 Å². The first-order valence-corrected chi connectivity index (χ1v) is 9.30. The molecule has 6 nitrogen and oxygen atoms in total. The highest BCUT2D eigenvalue weighted by atomic mass is 16.5. The lowest BCUT2D eigenvalue weighted by molar-refractivity contribution is -0.141. The number of rotatable bonds is 4. The second-order valence-corrected chi connectivity index (χ2v) is 7.05. The van der Waals surface area contributed by atoms with Crippen LogP contribution in [0.1, 0.15) is 24.1 Å². The second kappa shape index (κ2) is 8.01. The molecule has 0 spiro atoms. The lowest BCUT2D eigenvalue weighted by atomic mass is 9.98. The lowest BCUT2D eigenvalue weighted by Gasteiger charge is -2.30. The van der Waals surface area contributed by atoms with Gasteiger partial charge in [0, 0.05) is 50.0 Å². The van der Waals surface area contributed by atoms with E-state index in [1.54, 1.807) is 6.20 Å². The molecular formula is C20H25N3O3. The first-order valence-electron chi connectivity index (χ1n) is 9.30. The minimum atomic E-state index is -0.0346. The van der Waals surface area contributed by atoms with E-state index < -0.39 is 0 Å². The van der Waals surface area contributed by atoms with E-state index in [1.807, 2.05) is 29.3 Å². The Bertz CT molecular complexity index is 725. The van der Waals surface area contributed by atoms with E-state index in [0.29, 0.717) is 32.9 Å². The Balaban J connectivity index is 1.47. The molecule has 0 bridgehead atoms. The van der Waals surface area contributed by atoms with Gasteiger partial charge in [0.15, 0.2) is 0 Å². The van der Waals surface area contributed by atoms with Gasteiger partial charge in [0.05, 0.1) is 25.8 Å². The Kier molecular flexibility index (Phi) is 5.32. The van der Waals surface area contributed by atoms with Crippen molar-refractivity contribution in [1.29, 1.82) is 0 Å². The molecule has 2 aromatic rings. The van der Waals surface area contributed by atoms with Crippen LogP contribution in [0.5, 0.6) is 0 Å². The van der Waals surface area contributed by atoms with Gasteiger partial charge in [0.25, 0.3) is 0 Å². The zero-order valence-corrected chi connectivity index (χ0v) is 14.9. The summed E-state index contributed by atoms with van der Waals surface area (Å²) in [5.41, 5.74) is 2.21. The fraction of sp³-hybridized carbons (Fsp3) is 0.500. The topological polar surface area (TPSA) is 56.6 Å². The third kappa shape index (κ3) is 3.97. The molecule has 1 fully saturated rings. The molecule has 2 aliphatic rings. The van der Waals surface area contributed by atoms with E-state index in [9.17, 15) is 4.79 Å². The highest BCUT2D eigenvalue weighted by Gasteiger charge is 2.30. The molecule has 0 radical (unpaired) electrons. The Morgan fingerprint density at radius 1 is 1.23 bits per heavy atom. The molecule has 4 heterocycles. The van der Waals surface area contributed by atoms with Crippen LogP contribution < -0.4 is 0 Å². The van der Waals surface area contributed by atoms with Crippen LogP contribution in [0.2, 0.25) is 0 Å². The number of hydrogen-bond donors (Lipinski definition) is 0.